The van der Waals surface area contributed by atoms with Crippen LogP contribution in [0.5, 0.6) is 0 Å². The highest BCUT2D eigenvalue weighted by atomic mass is 32.2. The molecule has 0 amide bonds. The maximum atomic E-state index is 11.1. The number of hydrogen-bond donors (Lipinski definition) is 0. The Morgan fingerprint density at radius 1 is 1.14 bits per heavy atom. The molecule has 1 aromatic carbocycles. The monoisotopic (exact) mass is 213 g/mol. The minimum absolute atomic E-state index is 0.935. The fourth-order valence-electron chi connectivity index (χ4n) is 0.903. The molecule has 14 heavy (non-hydrogen) atoms. The highest BCUT2D eigenvalue weighted by Gasteiger charge is 2.01. The normalized spacial score (nSPS) is 11.2. The van der Waals surface area contributed by atoms with Crippen LogP contribution in [0.15, 0.2) is 24.3 Å². The summed E-state index contributed by atoms with van der Waals surface area (Å²) in [7, 11) is 0.886. The van der Waals surface area contributed by atoms with Crippen molar-refractivity contribution in [3.05, 3.63) is 29.8 Å². The zero-order valence-corrected chi connectivity index (χ0v) is 10.4. The summed E-state index contributed by atoms with van der Waals surface area (Å²) >= 11 is 0. The standard InChI is InChI=1S/C9H13NOS.C2H6/c1-8-4-6-9(7-5-8)10(2)12(3)11;1-2/h4-7H,1-3H3;1-2H3. The molecule has 0 aliphatic heterocycles. The first kappa shape index (κ1) is 13.2. The third kappa shape index (κ3) is 3.92. The molecule has 1 rings (SSSR count). The number of anilines is 1. The number of nitrogens with zero attached hydrogens (tertiary/aromatic N) is 1. The minimum atomic E-state index is -0.935. The van der Waals surface area contributed by atoms with Gasteiger partial charge in [-0.3, -0.25) is 4.31 Å². The van der Waals surface area contributed by atoms with Gasteiger partial charge in [-0.15, -0.1) is 0 Å². The molecule has 0 aliphatic rings. The van der Waals surface area contributed by atoms with Crippen LogP contribution >= 0.6 is 0 Å². The number of hydrogen-bond acceptors (Lipinski definition) is 1. The molecule has 3 heteroatoms. The molecular formula is C11H19NOS. The van der Waals surface area contributed by atoms with Gasteiger partial charge in [0.25, 0.3) is 0 Å². The SMILES string of the molecule is CC.Cc1ccc(N(C)S(C)=O)cc1. The van der Waals surface area contributed by atoms with Crippen LogP contribution < -0.4 is 4.31 Å². The topological polar surface area (TPSA) is 20.3 Å². The van der Waals surface area contributed by atoms with Gasteiger partial charge in [0.1, 0.15) is 11.0 Å². The smallest absolute Gasteiger partial charge is 0.116 e. The van der Waals surface area contributed by atoms with Crippen molar-refractivity contribution in [3.8, 4) is 0 Å². The van der Waals surface area contributed by atoms with E-state index in [9.17, 15) is 4.21 Å². The van der Waals surface area contributed by atoms with E-state index in [1.807, 2.05) is 52.1 Å². The van der Waals surface area contributed by atoms with Crippen LogP contribution in [0, 0.1) is 6.92 Å². The lowest BCUT2D eigenvalue weighted by atomic mass is 10.2. The Bertz CT molecular complexity index is 282. The van der Waals surface area contributed by atoms with Crippen LogP contribution in [0.4, 0.5) is 5.69 Å². The first-order valence-corrected chi connectivity index (χ1v) is 6.26. The van der Waals surface area contributed by atoms with Crippen LogP contribution in [0.3, 0.4) is 0 Å². The van der Waals surface area contributed by atoms with Crippen LogP contribution in [0.1, 0.15) is 19.4 Å². The molecule has 0 N–H and O–H groups in total. The Morgan fingerprint density at radius 3 is 1.93 bits per heavy atom. The first-order chi connectivity index (χ1) is 6.61. The van der Waals surface area contributed by atoms with E-state index in [0.29, 0.717) is 0 Å². The second-order valence-corrected chi connectivity index (χ2v) is 4.15. The molecule has 0 spiro atoms. The number of aryl methyl sites for hydroxylation is 1. The summed E-state index contributed by atoms with van der Waals surface area (Å²) in [4.78, 5) is 0. The van der Waals surface area contributed by atoms with E-state index in [1.54, 1.807) is 10.6 Å². The lowest BCUT2D eigenvalue weighted by Crippen LogP contribution is -2.18. The van der Waals surface area contributed by atoms with E-state index >= 15 is 0 Å². The van der Waals surface area contributed by atoms with E-state index in [-0.39, 0.29) is 0 Å². The minimum Gasteiger partial charge on any atom is -0.295 e. The summed E-state index contributed by atoms with van der Waals surface area (Å²) < 4.78 is 12.8. The van der Waals surface area contributed by atoms with Gasteiger partial charge in [0.15, 0.2) is 0 Å². The number of rotatable bonds is 2. The third-order valence-corrected chi connectivity index (χ3v) is 2.77. The Morgan fingerprint density at radius 2 is 1.57 bits per heavy atom. The van der Waals surface area contributed by atoms with E-state index < -0.39 is 11.0 Å². The second-order valence-electron chi connectivity index (χ2n) is 2.76. The highest BCUT2D eigenvalue weighted by Crippen LogP contribution is 2.13. The molecule has 1 unspecified atom stereocenters. The predicted octanol–water partition coefficient (Wildman–Crippen LogP) is 2.75. The van der Waals surface area contributed by atoms with Crippen molar-refractivity contribution in [2.24, 2.45) is 0 Å². The third-order valence-electron chi connectivity index (χ3n) is 1.78. The molecule has 80 valence electrons. The molecular weight excluding hydrogens is 194 g/mol. The zero-order chi connectivity index (χ0) is 11.1. The summed E-state index contributed by atoms with van der Waals surface area (Å²) in [5.41, 5.74) is 2.20. The number of benzene rings is 1. The molecule has 2 nitrogen and oxygen atoms in total. The maximum Gasteiger partial charge on any atom is 0.116 e. The summed E-state index contributed by atoms with van der Waals surface area (Å²) in [5, 5.41) is 0. The first-order valence-electron chi connectivity index (χ1n) is 4.75. The maximum absolute atomic E-state index is 11.1. The summed E-state index contributed by atoms with van der Waals surface area (Å²) in [6.45, 7) is 6.03. The van der Waals surface area contributed by atoms with Crippen LogP contribution in [0.25, 0.3) is 0 Å². The Hall–Kier alpha value is -0.830. The van der Waals surface area contributed by atoms with E-state index in [1.165, 1.54) is 5.56 Å². The van der Waals surface area contributed by atoms with Crippen LogP contribution in [0.2, 0.25) is 0 Å². The molecule has 0 fully saturated rings. The second kappa shape index (κ2) is 6.60. The molecule has 0 saturated heterocycles. The molecule has 1 aromatic rings. The van der Waals surface area contributed by atoms with Gasteiger partial charge < -0.3 is 0 Å². The fourth-order valence-corrected chi connectivity index (χ4v) is 1.32. The molecule has 0 bridgehead atoms. The Labute approximate surface area is 89.5 Å². The predicted molar refractivity (Wildman–Crippen MR) is 65.0 cm³/mol. The van der Waals surface area contributed by atoms with Crippen molar-refractivity contribution in [2.75, 3.05) is 17.6 Å². The van der Waals surface area contributed by atoms with Gasteiger partial charge in [-0.2, -0.15) is 0 Å². The zero-order valence-electron chi connectivity index (χ0n) is 9.57. The largest absolute Gasteiger partial charge is 0.295 e. The molecule has 0 radical (unpaired) electrons. The van der Waals surface area contributed by atoms with Gasteiger partial charge in [0.2, 0.25) is 0 Å². The molecule has 0 aromatic heterocycles. The summed E-state index contributed by atoms with van der Waals surface area (Å²) in [6.07, 6.45) is 1.67. The van der Waals surface area contributed by atoms with Gasteiger partial charge in [-0.25, -0.2) is 4.21 Å². The molecule has 1 atom stereocenters. The molecule has 0 aliphatic carbocycles. The van der Waals surface area contributed by atoms with Gasteiger partial charge in [-0.1, -0.05) is 31.5 Å². The average Bonchev–Trinajstić information content (AvgIpc) is 2.21. The van der Waals surface area contributed by atoms with E-state index in [0.717, 1.165) is 5.69 Å². The van der Waals surface area contributed by atoms with E-state index in [4.69, 9.17) is 0 Å². The van der Waals surface area contributed by atoms with Crippen molar-refractivity contribution < 1.29 is 4.21 Å². The molecule has 0 saturated carbocycles. The van der Waals surface area contributed by atoms with Crippen molar-refractivity contribution in [3.63, 3.8) is 0 Å². The van der Waals surface area contributed by atoms with Gasteiger partial charge in [0, 0.05) is 19.0 Å². The Balaban J connectivity index is 0.000000791. The van der Waals surface area contributed by atoms with Crippen LogP contribution in [-0.2, 0) is 11.0 Å². The quantitative estimate of drug-likeness (QED) is 0.739. The lowest BCUT2D eigenvalue weighted by molar-refractivity contribution is 0.685. The van der Waals surface area contributed by atoms with Crippen molar-refractivity contribution in [1.29, 1.82) is 0 Å². The van der Waals surface area contributed by atoms with Crippen molar-refractivity contribution in [2.45, 2.75) is 20.8 Å². The summed E-state index contributed by atoms with van der Waals surface area (Å²) in [6, 6.07) is 7.96. The lowest BCUT2D eigenvalue weighted by Gasteiger charge is -2.14. The fraction of sp³-hybridized carbons (Fsp3) is 0.455. The molecule has 0 heterocycles. The average molecular weight is 213 g/mol. The summed E-state index contributed by atoms with van der Waals surface area (Å²) in [5.74, 6) is 0. The van der Waals surface area contributed by atoms with Gasteiger partial charge in [0.05, 0.1) is 0 Å². The van der Waals surface area contributed by atoms with Gasteiger partial charge >= 0.3 is 0 Å². The van der Waals surface area contributed by atoms with E-state index in [2.05, 4.69) is 0 Å². The Kier molecular flexibility index (Phi) is 6.21. The van der Waals surface area contributed by atoms with Crippen LogP contribution in [-0.4, -0.2) is 17.5 Å². The van der Waals surface area contributed by atoms with Crippen molar-refractivity contribution in [1.82, 2.24) is 0 Å². The van der Waals surface area contributed by atoms with Gasteiger partial charge in [-0.05, 0) is 19.1 Å². The van der Waals surface area contributed by atoms with Crippen molar-refractivity contribution >= 4 is 16.7 Å². The highest BCUT2D eigenvalue weighted by molar-refractivity contribution is 7.85.